The topological polar surface area (TPSA) is 64.1 Å². The van der Waals surface area contributed by atoms with Gasteiger partial charge in [0.25, 0.3) is 5.91 Å². The third-order valence-corrected chi connectivity index (χ3v) is 4.09. The molecule has 6 heteroatoms. The number of pyridine rings is 1. The van der Waals surface area contributed by atoms with Gasteiger partial charge in [-0.3, -0.25) is 15.1 Å². The Labute approximate surface area is 144 Å². The van der Waals surface area contributed by atoms with Crippen LogP contribution in [0.25, 0.3) is 11.4 Å². The molecule has 1 amide bonds. The lowest BCUT2D eigenvalue weighted by molar-refractivity contribution is -0.122. The number of thiazole rings is 1. The Balaban J connectivity index is 1.63. The van der Waals surface area contributed by atoms with Gasteiger partial charge in [-0.15, -0.1) is 11.3 Å². The van der Waals surface area contributed by atoms with Crippen molar-refractivity contribution in [3.8, 4) is 17.1 Å². The van der Waals surface area contributed by atoms with Crippen LogP contribution in [0, 0.1) is 6.92 Å². The molecule has 1 unspecified atom stereocenters. The van der Waals surface area contributed by atoms with E-state index in [1.165, 1.54) is 11.3 Å². The van der Waals surface area contributed by atoms with Gasteiger partial charge in [0.15, 0.2) is 11.2 Å². The van der Waals surface area contributed by atoms with Crippen molar-refractivity contribution in [2.45, 2.75) is 20.0 Å². The fourth-order valence-electron chi connectivity index (χ4n) is 2.12. The predicted octanol–water partition coefficient (Wildman–Crippen LogP) is 3.92. The van der Waals surface area contributed by atoms with Crippen molar-refractivity contribution in [2.75, 3.05) is 5.32 Å². The molecule has 0 aliphatic heterocycles. The molecule has 0 radical (unpaired) electrons. The number of nitrogens with zero attached hydrogens (tertiary/aromatic N) is 2. The highest BCUT2D eigenvalue weighted by Gasteiger charge is 2.17. The summed E-state index contributed by atoms with van der Waals surface area (Å²) < 4.78 is 5.67. The Morgan fingerprint density at radius 3 is 2.83 bits per heavy atom. The molecule has 0 aliphatic carbocycles. The van der Waals surface area contributed by atoms with Gasteiger partial charge in [0, 0.05) is 11.6 Å². The number of rotatable bonds is 5. The van der Waals surface area contributed by atoms with Crippen LogP contribution in [-0.4, -0.2) is 22.0 Å². The summed E-state index contributed by atoms with van der Waals surface area (Å²) in [6, 6.07) is 13.2. The number of carbonyl (C=O) groups is 1. The third-order valence-electron chi connectivity index (χ3n) is 3.33. The van der Waals surface area contributed by atoms with Crippen LogP contribution in [0.3, 0.4) is 0 Å². The number of hydrogen-bond donors (Lipinski definition) is 1. The predicted molar refractivity (Wildman–Crippen MR) is 95.2 cm³/mol. The zero-order valence-corrected chi connectivity index (χ0v) is 14.2. The molecule has 2 aromatic heterocycles. The van der Waals surface area contributed by atoms with E-state index in [-0.39, 0.29) is 5.91 Å². The molecule has 1 aromatic carbocycles. The maximum Gasteiger partial charge on any atom is 0.266 e. The first kappa shape index (κ1) is 16.1. The Hall–Kier alpha value is -2.73. The molecule has 0 spiro atoms. The molecule has 3 rings (SSSR count). The molecule has 0 saturated carbocycles. The highest BCUT2D eigenvalue weighted by molar-refractivity contribution is 7.14. The van der Waals surface area contributed by atoms with Crippen LogP contribution >= 0.6 is 11.3 Å². The first-order valence-electron chi connectivity index (χ1n) is 7.53. The van der Waals surface area contributed by atoms with E-state index >= 15 is 0 Å². The summed E-state index contributed by atoms with van der Waals surface area (Å²) in [6.45, 7) is 3.69. The van der Waals surface area contributed by atoms with Crippen molar-refractivity contribution in [1.29, 1.82) is 0 Å². The average Bonchev–Trinajstić information content (AvgIpc) is 3.04. The molecule has 0 aliphatic rings. The number of carbonyl (C=O) groups excluding carboxylic acids is 1. The standard InChI is InChI=1S/C18H17N3O2S/c1-12-6-5-7-14(10-12)23-13(2)17(22)21-18-20-16(11-24-18)15-8-3-4-9-19-15/h3-11,13H,1-2H3,(H,20,21,22). The molecule has 1 N–H and O–H groups in total. The number of anilines is 1. The second-order valence-corrected chi connectivity index (χ2v) is 6.18. The van der Waals surface area contributed by atoms with Crippen molar-refractivity contribution in [1.82, 2.24) is 9.97 Å². The lowest BCUT2D eigenvalue weighted by atomic mass is 10.2. The minimum Gasteiger partial charge on any atom is -0.481 e. The second kappa shape index (κ2) is 7.23. The molecule has 0 bridgehead atoms. The van der Waals surface area contributed by atoms with E-state index in [4.69, 9.17) is 4.74 Å². The third kappa shape index (κ3) is 3.97. The number of benzene rings is 1. The number of aryl methyl sites for hydroxylation is 1. The number of aromatic nitrogens is 2. The van der Waals surface area contributed by atoms with Gasteiger partial charge >= 0.3 is 0 Å². The smallest absolute Gasteiger partial charge is 0.266 e. The highest BCUT2D eigenvalue weighted by Crippen LogP contribution is 2.23. The zero-order valence-electron chi connectivity index (χ0n) is 13.4. The second-order valence-electron chi connectivity index (χ2n) is 5.32. The first-order chi connectivity index (χ1) is 11.6. The quantitative estimate of drug-likeness (QED) is 0.765. The highest BCUT2D eigenvalue weighted by atomic mass is 32.1. The summed E-state index contributed by atoms with van der Waals surface area (Å²) in [5.41, 5.74) is 2.60. The van der Waals surface area contributed by atoms with Gasteiger partial charge in [0.2, 0.25) is 0 Å². The number of hydrogen-bond acceptors (Lipinski definition) is 5. The summed E-state index contributed by atoms with van der Waals surface area (Å²) in [7, 11) is 0. The van der Waals surface area contributed by atoms with Crippen LogP contribution in [0.1, 0.15) is 12.5 Å². The van der Waals surface area contributed by atoms with Crippen LogP contribution in [-0.2, 0) is 4.79 Å². The molecule has 5 nitrogen and oxygen atoms in total. The minimum atomic E-state index is -0.617. The van der Waals surface area contributed by atoms with Gasteiger partial charge in [-0.05, 0) is 43.7 Å². The fourth-order valence-corrected chi connectivity index (χ4v) is 2.82. The summed E-state index contributed by atoms with van der Waals surface area (Å²) in [5, 5.41) is 5.18. The molecular formula is C18H17N3O2S. The summed E-state index contributed by atoms with van der Waals surface area (Å²) in [5.74, 6) is 0.435. The number of nitrogens with one attached hydrogen (secondary N) is 1. The van der Waals surface area contributed by atoms with E-state index < -0.39 is 6.10 Å². The molecule has 1 atom stereocenters. The molecule has 3 aromatic rings. The minimum absolute atomic E-state index is 0.238. The van der Waals surface area contributed by atoms with Gasteiger partial charge in [-0.1, -0.05) is 18.2 Å². The zero-order chi connectivity index (χ0) is 16.9. The summed E-state index contributed by atoms with van der Waals surface area (Å²) in [6.07, 6.45) is 1.10. The fraction of sp³-hybridized carbons (Fsp3) is 0.167. The molecule has 0 saturated heterocycles. The van der Waals surface area contributed by atoms with Crippen molar-refractivity contribution >= 4 is 22.4 Å². The molecular weight excluding hydrogens is 322 g/mol. The van der Waals surface area contributed by atoms with E-state index in [0.29, 0.717) is 10.9 Å². The Morgan fingerprint density at radius 1 is 1.21 bits per heavy atom. The maximum absolute atomic E-state index is 12.3. The Kier molecular flexibility index (Phi) is 4.86. The van der Waals surface area contributed by atoms with Gasteiger partial charge < -0.3 is 4.74 Å². The lowest BCUT2D eigenvalue weighted by Gasteiger charge is -2.14. The van der Waals surface area contributed by atoms with E-state index in [9.17, 15) is 4.79 Å². The van der Waals surface area contributed by atoms with E-state index in [0.717, 1.165) is 17.0 Å². The van der Waals surface area contributed by atoms with Crippen LogP contribution in [0.4, 0.5) is 5.13 Å². The van der Waals surface area contributed by atoms with Crippen molar-refractivity contribution in [3.05, 3.63) is 59.6 Å². The lowest BCUT2D eigenvalue weighted by Crippen LogP contribution is -2.30. The van der Waals surface area contributed by atoms with Gasteiger partial charge in [0.1, 0.15) is 11.4 Å². The molecule has 122 valence electrons. The average molecular weight is 339 g/mol. The Morgan fingerprint density at radius 2 is 2.08 bits per heavy atom. The van der Waals surface area contributed by atoms with Gasteiger partial charge in [0.05, 0.1) is 5.69 Å². The van der Waals surface area contributed by atoms with Gasteiger partial charge in [-0.2, -0.15) is 0 Å². The van der Waals surface area contributed by atoms with Crippen LogP contribution in [0.15, 0.2) is 54.0 Å². The van der Waals surface area contributed by atoms with Crippen molar-refractivity contribution in [3.63, 3.8) is 0 Å². The first-order valence-corrected chi connectivity index (χ1v) is 8.41. The normalized spacial score (nSPS) is 11.8. The summed E-state index contributed by atoms with van der Waals surface area (Å²) >= 11 is 1.36. The van der Waals surface area contributed by atoms with Crippen molar-refractivity contribution in [2.24, 2.45) is 0 Å². The molecule has 0 fully saturated rings. The number of amides is 1. The molecule has 2 heterocycles. The van der Waals surface area contributed by atoms with Gasteiger partial charge in [-0.25, -0.2) is 4.98 Å². The van der Waals surface area contributed by atoms with Crippen LogP contribution in [0.2, 0.25) is 0 Å². The van der Waals surface area contributed by atoms with Crippen molar-refractivity contribution < 1.29 is 9.53 Å². The van der Waals surface area contributed by atoms with Crippen LogP contribution in [0.5, 0.6) is 5.75 Å². The van der Waals surface area contributed by atoms with E-state index in [1.807, 2.05) is 54.8 Å². The monoisotopic (exact) mass is 339 g/mol. The van der Waals surface area contributed by atoms with E-state index in [1.54, 1.807) is 13.1 Å². The SMILES string of the molecule is Cc1cccc(OC(C)C(=O)Nc2nc(-c3ccccn3)cs2)c1. The number of ether oxygens (including phenoxy) is 1. The maximum atomic E-state index is 12.3. The molecule has 24 heavy (non-hydrogen) atoms. The Bertz CT molecular complexity index is 833. The van der Waals surface area contributed by atoms with Crippen LogP contribution < -0.4 is 10.1 Å². The largest absolute Gasteiger partial charge is 0.481 e. The summed E-state index contributed by atoms with van der Waals surface area (Å²) in [4.78, 5) is 20.9. The van der Waals surface area contributed by atoms with E-state index in [2.05, 4.69) is 15.3 Å².